The van der Waals surface area contributed by atoms with Crippen molar-refractivity contribution >= 4 is 23.2 Å². The van der Waals surface area contributed by atoms with Crippen LogP contribution in [0.4, 0.5) is 0 Å². The van der Waals surface area contributed by atoms with Crippen LogP contribution in [0, 0.1) is 0 Å². The molecule has 8 rings (SSSR count). The van der Waals surface area contributed by atoms with E-state index in [1.165, 1.54) is 27.1 Å². The van der Waals surface area contributed by atoms with E-state index in [-0.39, 0.29) is 23.8 Å². The summed E-state index contributed by atoms with van der Waals surface area (Å²) < 4.78 is 6.19. The van der Waals surface area contributed by atoms with Gasteiger partial charge in [0.1, 0.15) is 17.7 Å². The van der Waals surface area contributed by atoms with Crippen LogP contribution in [0.1, 0.15) is 105 Å². The predicted molar refractivity (Wildman–Crippen MR) is 198 cm³/mol. The Balaban J connectivity index is 0.789. The lowest BCUT2D eigenvalue weighted by Crippen LogP contribution is -2.55. The highest BCUT2D eigenvalue weighted by Gasteiger charge is 2.40. The number of aliphatic hydroxyl groups is 1. The number of aromatic hydroxyl groups is 1. The number of aryl methyl sites for hydroxylation is 1. The van der Waals surface area contributed by atoms with E-state index in [1.54, 1.807) is 16.2 Å². The molecular weight excluding hydrogens is 659 g/mol. The van der Waals surface area contributed by atoms with E-state index in [0.717, 1.165) is 74.3 Å². The molecule has 3 aromatic carbocycles. The molecule has 0 spiro atoms. The molecule has 3 N–H and O–H groups in total. The molecule has 4 aliphatic rings. The van der Waals surface area contributed by atoms with Crippen molar-refractivity contribution in [3.8, 4) is 11.5 Å². The number of carbonyl (C=O) groups is 2. The molecule has 0 bridgehead atoms. The monoisotopic (exact) mass is 705 g/mol. The van der Waals surface area contributed by atoms with Gasteiger partial charge in [-0.05, 0) is 129 Å². The molecule has 1 aromatic heterocycles. The third-order valence-electron chi connectivity index (χ3n) is 11.6. The van der Waals surface area contributed by atoms with Crippen molar-refractivity contribution in [2.24, 2.45) is 0 Å². The minimum absolute atomic E-state index is 0.0168. The second-order valence-corrected chi connectivity index (χ2v) is 15.9. The molecule has 2 amide bonds. The number of piperidine rings is 2. The van der Waals surface area contributed by atoms with Gasteiger partial charge in [0.05, 0.1) is 24.8 Å². The summed E-state index contributed by atoms with van der Waals surface area (Å²) in [6, 6.07) is 27.1. The zero-order valence-corrected chi connectivity index (χ0v) is 29.8. The van der Waals surface area contributed by atoms with Gasteiger partial charge in [-0.2, -0.15) is 0 Å². The average Bonchev–Trinajstić information content (AvgIpc) is 3.70. The van der Waals surface area contributed by atoms with Gasteiger partial charge in [-0.1, -0.05) is 48.5 Å². The Morgan fingerprint density at radius 1 is 0.863 bits per heavy atom. The molecule has 0 saturated carbocycles. The first-order chi connectivity index (χ1) is 24.9. The number of likely N-dealkylation sites (tertiary alicyclic amines) is 1. The van der Waals surface area contributed by atoms with Crippen molar-refractivity contribution in [1.29, 1.82) is 0 Å². The van der Waals surface area contributed by atoms with E-state index >= 15 is 0 Å². The molecule has 4 atom stereocenters. The first-order valence-corrected chi connectivity index (χ1v) is 19.5. The Labute approximate surface area is 304 Å². The average molecular weight is 706 g/mol. The molecule has 1 aliphatic carbocycles. The quantitative estimate of drug-likeness (QED) is 0.155. The number of hydrogen-bond acceptors (Lipinski definition) is 7. The number of ether oxygens (including phenoxy) is 1. The van der Waals surface area contributed by atoms with Crippen LogP contribution in [0.5, 0.6) is 11.5 Å². The minimum Gasteiger partial charge on any atom is -0.508 e. The highest BCUT2D eigenvalue weighted by Crippen LogP contribution is 2.47. The maximum Gasteiger partial charge on any atom is 0.255 e. The SMILES string of the molecule is O=C1CCC(N2Cc3sc(C4CCN(CCCCOc5ccc([C@@H]6c7ccc(O)cc7CC[C@@H]6c6ccccc6)cc5)CC4)cc3C2=O)C(O)N1. The zero-order chi connectivity index (χ0) is 34.9. The molecule has 0 radical (unpaired) electrons. The van der Waals surface area contributed by atoms with Crippen molar-refractivity contribution in [1.82, 2.24) is 15.1 Å². The molecule has 4 aromatic rings. The van der Waals surface area contributed by atoms with Crippen LogP contribution in [0.15, 0.2) is 78.9 Å². The van der Waals surface area contributed by atoms with Crippen molar-refractivity contribution in [2.45, 2.75) is 87.9 Å². The minimum atomic E-state index is -0.997. The number of phenolic OH excluding ortho intramolecular Hbond substituents is 1. The predicted octanol–water partition coefficient (Wildman–Crippen LogP) is 6.91. The van der Waals surface area contributed by atoms with Crippen LogP contribution in [0.2, 0.25) is 0 Å². The molecule has 2 fully saturated rings. The highest BCUT2D eigenvalue weighted by atomic mass is 32.1. The largest absolute Gasteiger partial charge is 0.508 e. The molecule has 3 aliphatic heterocycles. The Kier molecular flexibility index (Phi) is 9.86. The number of rotatable bonds is 10. The van der Waals surface area contributed by atoms with E-state index in [4.69, 9.17) is 4.74 Å². The first kappa shape index (κ1) is 33.9. The van der Waals surface area contributed by atoms with Gasteiger partial charge in [-0.3, -0.25) is 9.59 Å². The van der Waals surface area contributed by atoms with Gasteiger partial charge in [-0.15, -0.1) is 11.3 Å². The van der Waals surface area contributed by atoms with E-state index in [0.29, 0.717) is 43.6 Å². The van der Waals surface area contributed by atoms with Gasteiger partial charge in [0, 0.05) is 22.1 Å². The van der Waals surface area contributed by atoms with Crippen molar-refractivity contribution in [2.75, 3.05) is 26.2 Å². The number of hydrogen-bond donors (Lipinski definition) is 3. The fraction of sp³-hybridized carbons (Fsp3) is 0.429. The normalized spacial score (nSPS) is 23.9. The molecule has 9 heteroatoms. The Morgan fingerprint density at radius 2 is 1.67 bits per heavy atom. The summed E-state index contributed by atoms with van der Waals surface area (Å²) in [7, 11) is 0. The lowest BCUT2D eigenvalue weighted by Gasteiger charge is -2.35. The van der Waals surface area contributed by atoms with Crippen LogP contribution in [-0.4, -0.2) is 70.3 Å². The molecule has 8 nitrogen and oxygen atoms in total. The van der Waals surface area contributed by atoms with Gasteiger partial charge < -0.3 is 30.1 Å². The van der Waals surface area contributed by atoms with E-state index in [9.17, 15) is 19.8 Å². The number of carbonyl (C=O) groups excluding carboxylic acids is 2. The number of nitrogens with one attached hydrogen (secondary N) is 1. The van der Waals surface area contributed by atoms with E-state index in [2.05, 4.69) is 76.9 Å². The summed E-state index contributed by atoms with van der Waals surface area (Å²) in [5.74, 6) is 2.17. The Bertz CT molecular complexity index is 1850. The number of phenols is 1. The van der Waals surface area contributed by atoms with Crippen molar-refractivity contribution in [3.63, 3.8) is 0 Å². The molecule has 2 unspecified atom stereocenters. The van der Waals surface area contributed by atoms with Crippen LogP contribution in [0.25, 0.3) is 0 Å². The second-order valence-electron chi connectivity index (χ2n) is 14.7. The Hall–Kier alpha value is -4.18. The molecule has 2 saturated heterocycles. The smallest absolute Gasteiger partial charge is 0.255 e. The van der Waals surface area contributed by atoms with Crippen molar-refractivity contribution < 1.29 is 24.5 Å². The fourth-order valence-electron chi connectivity index (χ4n) is 8.81. The summed E-state index contributed by atoms with van der Waals surface area (Å²) >= 11 is 1.75. The van der Waals surface area contributed by atoms with Gasteiger partial charge in [0.2, 0.25) is 5.91 Å². The number of nitrogens with zero attached hydrogens (tertiary/aromatic N) is 2. The third-order valence-corrected chi connectivity index (χ3v) is 12.8. The maximum absolute atomic E-state index is 13.2. The molecular formula is C42H47N3O5S. The maximum atomic E-state index is 13.2. The second kappa shape index (κ2) is 14.8. The van der Waals surface area contributed by atoms with Gasteiger partial charge in [0.15, 0.2) is 0 Å². The summed E-state index contributed by atoms with van der Waals surface area (Å²) in [6.45, 7) is 4.43. The number of aliphatic hydroxyl groups excluding tert-OH is 1. The van der Waals surface area contributed by atoms with Crippen LogP contribution >= 0.6 is 11.3 Å². The van der Waals surface area contributed by atoms with Crippen molar-refractivity contribution in [3.05, 3.63) is 116 Å². The molecule has 266 valence electrons. The van der Waals surface area contributed by atoms with E-state index < -0.39 is 6.23 Å². The number of amides is 2. The van der Waals surface area contributed by atoms with Gasteiger partial charge in [0.25, 0.3) is 5.91 Å². The van der Waals surface area contributed by atoms with Gasteiger partial charge >= 0.3 is 0 Å². The molecule has 51 heavy (non-hydrogen) atoms. The first-order valence-electron chi connectivity index (χ1n) is 18.6. The lowest BCUT2D eigenvalue weighted by atomic mass is 9.69. The topological polar surface area (TPSA) is 102 Å². The number of thiophene rings is 1. The Morgan fingerprint density at radius 3 is 2.43 bits per heavy atom. The van der Waals surface area contributed by atoms with Crippen LogP contribution < -0.4 is 10.1 Å². The molecule has 4 heterocycles. The summed E-state index contributed by atoms with van der Waals surface area (Å²) in [5, 5.41) is 23.1. The van der Waals surface area contributed by atoms with E-state index in [1.807, 2.05) is 12.1 Å². The number of benzene rings is 3. The number of unbranched alkanes of at least 4 members (excludes halogenated alkanes) is 1. The van der Waals surface area contributed by atoms with Crippen LogP contribution in [0.3, 0.4) is 0 Å². The zero-order valence-electron chi connectivity index (χ0n) is 29.0. The lowest BCUT2D eigenvalue weighted by molar-refractivity contribution is -0.129. The fourth-order valence-corrected chi connectivity index (χ4v) is 10.1. The summed E-state index contributed by atoms with van der Waals surface area (Å²) in [6.07, 6.45) is 6.16. The third kappa shape index (κ3) is 7.16. The van der Waals surface area contributed by atoms with Crippen LogP contribution in [-0.2, 0) is 17.8 Å². The highest BCUT2D eigenvalue weighted by molar-refractivity contribution is 7.12. The van der Waals surface area contributed by atoms with Gasteiger partial charge in [-0.25, -0.2) is 0 Å². The summed E-state index contributed by atoms with van der Waals surface area (Å²) in [5.41, 5.74) is 5.97. The summed E-state index contributed by atoms with van der Waals surface area (Å²) in [4.78, 5) is 31.5. The number of fused-ring (bicyclic) bond motifs is 2. The standard InChI is InChI=1S/C42H47N3O5S/c46-31-11-15-34-30(24-31)10-14-33(27-6-2-1-3-7-27)40(34)29-8-12-32(13-9-29)50-23-5-4-20-44-21-18-28(19-22-44)37-25-35-38(51-37)26-45(42(35)49)36-16-17-39(47)43-41(36)48/h1-3,6-9,11-13,15,24-25,28,33,36,40-41,46,48H,4-5,10,14,16-23,26H2,(H,43,47)/t33-,36?,40+,41?/m1/s1.